The van der Waals surface area contributed by atoms with Crippen LogP contribution in [-0.2, 0) is 9.53 Å². The lowest BCUT2D eigenvalue weighted by atomic mass is 10.3. The predicted octanol–water partition coefficient (Wildman–Crippen LogP) is 1.46. The first-order valence-electron chi connectivity index (χ1n) is 6.02. The van der Waals surface area contributed by atoms with Crippen molar-refractivity contribution in [3.8, 4) is 0 Å². The van der Waals surface area contributed by atoms with Crippen molar-refractivity contribution in [2.24, 2.45) is 0 Å². The molecule has 108 valence electrons. The first kappa shape index (κ1) is 17.2. The van der Waals surface area contributed by atoms with Crippen LogP contribution in [0.5, 0.6) is 0 Å². The fourth-order valence-corrected chi connectivity index (χ4v) is 1.13. The molecule has 0 saturated carbocycles. The van der Waals surface area contributed by atoms with Crippen LogP contribution in [-0.4, -0.2) is 44.4 Å². The standard InChI is InChI=1S/C11H21F3N2O2/c1-3-4-6-18-7-5-15-9(2)10(17)16-8-11(12,13)14/h9,15H,3-8H2,1-2H3,(H,16,17). The molecule has 0 heterocycles. The van der Waals surface area contributed by atoms with Gasteiger partial charge in [-0.05, 0) is 13.3 Å². The molecule has 0 aromatic carbocycles. The van der Waals surface area contributed by atoms with E-state index >= 15 is 0 Å². The largest absolute Gasteiger partial charge is 0.405 e. The number of halogens is 3. The van der Waals surface area contributed by atoms with E-state index in [-0.39, 0.29) is 0 Å². The Morgan fingerprint density at radius 3 is 2.56 bits per heavy atom. The maximum Gasteiger partial charge on any atom is 0.405 e. The van der Waals surface area contributed by atoms with Gasteiger partial charge in [0.2, 0.25) is 5.91 Å². The highest BCUT2D eigenvalue weighted by Crippen LogP contribution is 2.12. The van der Waals surface area contributed by atoms with Crippen LogP contribution in [0.15, 0.2) is 0 Å². The lowest BCUT2D eigenvalue weighted by Crippen LogP contribution is -2.46. The number of amides is 1. The van der Waals surface area contributed by atoms with Crippen molar-refractivity contribution in [2.45, 2.75) is 38.9 Å². The summed E-state index contributed by atoms with van der Waals surface area (Å²) in [6.45, 7) is 3.80. The first-order chi connectivity index (χ1) is 8.37. The van der Waals surface area contributed by atoms with Crippen molar-refractivity contribution in [2.75, 3.05) is 26.3 Å². The second kappa shape index (κ2) is 9.16. The number of nitrogens with one attached hydrogen (secondary N) is 2. The van der Waals surface area contributed by atoms with Gasteiger partial charge in [-0.25, -0.2) is 0 Å². The number of rotatable bonds is 9. The van der Waals surface area contributed by atoms with Gasteiger partial charge in [-0.3, -0.25) is 4.79 Å². The SMILES string of the molecule is CCCCOCCNC(C)C(=O)NCC(F)(F)F. The van der Waals surface area contributed by atoms with Crippen LogP contribution < -0.4 is 10.6 Å². The minimum Gasteiger partial charge on any atom is -0.380 e. The molecule has 0 aliphatic rings. The van der Waals surface area contributed by atoms with E-state index in [0.717, 1.165) is 12.8 Å². The lowest BCUT2D eigenvalue weighted by molar-refractivity contribution is -0.139. The number of carbonyl (C=O) groups is 1. The monoisotopic (exact) mass is 270 g/mol. The highest BCUT2D eigenvalue weighted by Gasteiger charge is 2.28. The molecule has 0 saturated heterocycles. The number of hydrogen-bond acceptors (Lipinski definition) is 3. The third kappa shape index (κ3) is 10.3. The van der Waals surface area contributed by atoms with Crippen LogP contribution in [0.2, 0.25) is 0 Å². The first-order valence-corrected chi connectivity index (χ1v) is 6.02. The molecule has 4 nitrogen and oxygen atoms in total. The Kier molecular flexibility index (Phi) is 8.74. The Morgan fingerprint density at radius 1 is 1.33 bits per heavy atom. The van der Waals surface area contributed by atoms with Crippen molar-refractivity contribution in [3.05, 3.63) is 0 Å². The highest BCUT2D eigenvalue weighted by molar-refractivity contribution is 5.81. The second-order valence-electron chi connectivity index (χ2n) is 3.97. The molecule has 0 bridgehead atoms. The molecule has 0 aromatic heterocycles. The molecule has 2 N–H and O–H groups in total. The van der Waals surface area contributed by atoms with Crippen molar-refractivity contribution in [1.82, 2.24) is 10.6 Å². The summed E-state index contributed by atoms with van der Waals surface area (Å²) in [6, 6.07) is -0.665. The Labute approximate surface area is 105 Å². The van der Waals surface area contributed by atoms with E-state index < -0.39 is 24.7 Å². The van der Waals surface area contributed by atoms with Crippen LogP contribution >= 0.6 is 0 Å². The van der Waals surface area contributed by atoms with Crippen molar-refractivity contribution < 1.29 is 22.7 Å². The summed E-state index contributed by atoms with van der Waals surface area (Å²) in [5, 5.41) is 4.61. The molecule has 0 fully saturated rings. The van der Waals surface area contributed by atoms with Gasteiger partial charge >= 0.3 is 6.18 Å². The summed E-state index contributed by atoms with van der Waals surface area (Å²) in [4.78, 5) is 11.2. The third-order valence-electron chi connectivity index (χ3n) is 2.20. The average molecular weight is 270 g/mol. The number of ether oxygens (including phenoxy) is 1. The molecule has 0 spiro atoms. The zero-order valence-corrected chi connectivity index (χ0v) is 10.8. The maximum atomic E-state index is 11.8. The van der Waals surface area contributed by atoms with E-state index in [1.54, 1.807) is 0 Å². The van der Waals surface area contributed by atoms with E-state index in [9.17, 15) is 18.0 Å². The smallest absolute Gasteiger partial charge is 0.380 e. The molecule has 1 unspecified atom stereocenters. The van der Waals surface area contributed by atoms with Crippen LogP contribution in [0, 0.1) is 0 Å². The second-order valence-corrected chi connectivity index (χ2v) is 3.97. The minimum atomic E-state index is -4.38. The van der Waals surface area contributed by atoms with Gasteiger partial charge in [0.15, 0.2) is 0 Å². The van der Waals surface area contributed by atoms with Gasteiger partial charge in [-0.1, -0.05) is 13.3 Å². The molecule has 0 rings (SSSR count). The van der Waals surface area contributed by atoms with Gasteiger partial charge in [0.05, 0.1) is 12.6 Å². The van der Waals surface area contributed by atoms with Crippen molar-refractivity contribution in [1.29, 1.82) is 0 Å². The Morgan fingerprint density at radius 2 is 2.00 bits per heavy atom. The third-order valence-corrected chi connectivity index (χ3v) is 2.20. The van der Waals surface area contributed by atoms with Crippen molar-refractivity contribution >= 4 is 5.91 Å². The van der Waals surface area contributed by atoms with Crippen LogP contribution in [0.25, 0.3) is 0 Å². The summed E-state index contributed by atoms with van der Waals surface area (Å²) in [5.74, 6) is -0.666. The summed E-state index contributed by atoms with van der Waals surface area (Å²) in [7, 11) is 0. The van der Waals surface area contributed by atoms with E-state index in [1.165, 1.54) is 6.92 Å². The quantitative estimate of drug-likeness (QED) is 0.624. The summed E-state index contributed by atoms with van der Waals surface area (Å²) >= 11 is 0. The summed E-state index contributed by atoms with van der Waals surface area (Å²) in [6.07, 6.45) is -2.36. The molecule has 7 heteroatoms. The fraction of sp³-hybridized carbons (Fsp3) is 0.909. The maximum absolute atomic E-state index is 11.8. The summed E-state index contributed by atoms with van der Waals surface area (Å²) in [5.41, 5.74) is 0. The molecule has 0 radical (unpaired) electrons. The number of alkyl halides is 3. The number of carbonyl (C=O) groups excluding carboxylic acids is 1. The zero-order chi connectivity index (χ0) is 14.0. The minimum absolute atomic E-state index is 0.435. The van der Waals surface area contributed by atoms with Gasteiger partial charge in [-0.2, -0.15) is 13.2 Å². The molecule has 0 aliphatic heterocycles. The van der Waals surface area contributed by atoms with Gasteiger partial charge in [0.25, 0.3) is 0 Å². The topological polar surface area (TPSA) is 50.4 Å². The van der Waals surface area contributed by atoms with E-state index in [0.29, 0.717) is 19.8 Å². The molecular formula is C11H21F3N2O2. The highest BCUT2D eigenvalue weighted by atomic mass is 19.4. The average Bonchev–Trinajstić information content (AvgIpc) is 2.29. The number of unbranched alkanes of at least 4 members (excludes halogenated alkanes) is 1. The molecule has 0 aliphatic carbocycles. The van der Waals surface area contributed by atoms with E-state index in [2.05, 4.69) is 12.2 Å². The van der Waals surface area contributed by atoms with Gasteiger partial charge in [0, 0.05) is 13.2 Å². The molecule has 1 amide bonds. The zero-order valence-electron chi connectivity index (χ0n) is 10.8. The Balaban J connectivity index is 3.56. The van der Waals surface area contributed by atoms with Crippen molar-refractivity contribution in [3.63, 3.8) is 0 Å². The lowest BCUT2D eigenvalue weighted by Gasteiger charge is -2.15. The van der Waals surface area contributed by atoms with Crippen LogP contribution in [0.4, 0.5) is 13.2 Å². The fourth-order valence-electron chi connectivity index (χ4n) is 1.13. The Bertz CT molecular complexity index is 235. The Hall–Kier alpha value is -0.820. The van der Waals surface area contributed by atoms with E-state index in [4.69, 9.17) is 4.74 Å². The van der Waals surface area contributed by atoms with E-state index in [1.807, 2.05) is 5.32 Å². The van der Waals surface area contributed by atoms with Crippen LogP contribution in [0.1, 0.15) is 26.7 Å². The van der Waals surface area contributed by atoms with Gasteiger partial charge in [0.1, 0.15) is 6.54 Å². The molecular weight excluding hydrogens is 249 g/mol. The summed E-state index contributed by atoms with van der Waals surface area (Å²) < 4.78 is 40.8. The molecule has 0 aromatic rings. The molecule has 1 atom stereocenters. The van der Waals surface area contributed by atoms with Gasteiger partial charge in [-0.15, -0.1) is 0 Å². The normalized spacial score (nSPS) is 13.4. The molecule has 18 heavy (non-hydrogen) atoms. The number of hydrogen-bond donors (Lipinski definition) is 2. The van der Waals surface area contributed by atoms with Crippen LogP contribution in [0.3, 0.4) is 0 Å². The predicted molar refractivity (Wildman–Crippen MR) is 62.3 cm³/mol. The van der Waals surface area contributed by atoms with Gasteiger partial charge < -0.3 is 15.4 Å².